The molecule has 2 aromatic rings. The molecule has 1 aromatic heterocycles. The second-order valence-corrected chi connectivity index (χ2v) is 5.74. The van der Waals surface area contributed by atoms with Crippen molar-refractivity contribution in [1.82, 2.24) is 14.5 Å². The molecule has 0 aliphatic carbocycles. The first-order valence-electron chi connectivity index (χ1n) is 7.40. The van der Waals surface area contributed by atoms with Crippen LogP contribution in [0, 0.1) is 10.1 Å². The fraction of sp³-hybridized carbons (Fsp3) is 0.267. The van der Waals surface area contributed by atoms with Crippen LogP contribution in [0.1, 0.15) is 45.4 Å². The van der Waals surface area contributed by atoms with E-state index in [1.165, 1.54) is 27.9 Å². The zero-order valence-corrected chi connectivity index (χ0v) is 12.4. The Labute approximate surface area is 135 Å². The highest BCUT2D eigenvalue weighted by Gasteiger charge is 2.42. The quantitative estimate of drug-likeness (QED) is 0.663. The number of carbonyl (C=O) groups excluding carboxylic acids is 1. The third-order valence-electron chi connectivity index (χ3n) is 4.53. The lowest BCUT2D eigenvalue weighted by molar-refractivity contribution is -0.385. The molecular weight excluding hydrogens is 316 g/mol. The summed E-state index contributed by atoms with van der Waals surface area (Å²) in [4.78, 5) is 40.7. The third kappa shape index (κ3) is 1.78. The van der Waals surface area contributed by atoms with Crippen LogP contribution < -0.4 is 0 Å². The smallest absolute Gasteiger partial charge is 0.356 e. The Bertz CT molecular complexity index is 903. The summed E-state index contributed by atoms with van der Waals surface area (Å²) < 4.78 is 1.50. The standard InChI is InChI=1S/C15H12N4O5/c20-14-11-8(3-1-4-9(11)19(23)24)18-7-16-12(15(21)22)13(18)10-5-2-6-17(10)14/h1,3-4,7,10H,2,5-6H2,(H,21,22)/t10-/m0/s1. The number of carboxylic acid groups (broad SMARTS) is 1. The largest absolute Gasteiger partial charge is 0.476 e. The lowest BCUT2D eigenvalue weighted by atomic mass is 10.1. The summed E-state index contributed by atoms with van der Waals surface area (Å²) in [7, 11) is 0. The van der Waals surface area contributed by atoms with E-state index in [0.717, 1.165) is 0 Å². The van der Waals surface area contributed by atoms with E-state index in [1.807, 2.05) is 0 Å². The van der Waals surface area contributed by atoms with Crippen molar-refractivity contribution < 1.29 is 19.6 Å². The summed E-state index contributed by atoms with van der Waals surface area (Å²) in [5.41, 5.74) is 0.245. The molecular formula is C15H12N4O5. The number of carboxylic acids is 1. The number of fused-ring (bicyclic) bond motifs is 5. The molecule has 4 rings (SSSR count). The molecule has 0 bridgehead atoms. The molecule has 1 saturated heterocycles. The Kier molecular flexibility index (Phi) is 2.92. The Morgan fingerprint density at radius 2 is 2.21 bits per heavy atom. The van der Waals surface area contributed by atoms with Gasteiger partial charge in [0, 0.05) is 12.6 Å². The van der Waals surface area contributed by atoms with Gasteiger partial charge in [-0.3, -0.25) is 19.5 Å². The van der Waals surface area contributed by atoms with Crippen LogP contribution in [0.2, 0.25) is 0 Å². The summed E-state index contributed by atoms with van der Waals surface area (Å²) in [5, 5.41) is 20.8. The number of benzene rings is 1. The minimum Gasteiger partial charge on any atom is -0.476 e. The minimum absolute atomic E-state index is 0.0255. The Morgan fingerprint density at radius 3 is 2.92 bits per heavy atom. The zero-order valence-electron chi connectivity index (χ0n) is 12.4. The van der Waals surface area contributed by atoms with Crippen LogP contribution in [0.4, 0.5) is 5.69 Å². The van der Waals surface area contributed by atoms with E-state index < -0.39 is 22.8 Å². The fourth-order valence-corrected chi connectivity index (χ4v) is 3.57. The Balaban J connectivity index is 2.08. The SMILES string of the molecule is O=C(O)c1ncn2c1[C@@H]1CCCN1C(=O)c1c-2cccc1[N+](=O)[O-]. The van der Waals surface area contributed by atoms with Gasteiger partial charge >= 0.3 is 5.97 Å². The number of nitro groups is 1. The lowest BCUT2D eigenvalue weighted by Gasteiger charge is -2.22. The maximum atomic E-state index is 12.9. The number of nitro benzene ring substituents is 1. The van der Waals surface area contributed by atoms with Crippen LogP contribution in [-0.4, -0.2) is 42.9 Å². The van der Waals surface area contributed by atoms with Gasteiger partial charge in [0.05, 0.1) is 22.3 Å². The third-order valence-corrected chi connectivity index (χ3v) is 4.53. The van der Waals surface area contributed by atoms with E-state index in [-0.39, 0.29) is 16.9 Å². The number of nitrogens with zero attached hydrogens (tertiary/aromatic N) is 4. The second-order valence-electron chi connectivity index (χ2n) is 5.74. The highest BCUT2D eigenvalue weighted by atomic mass is 16.6. The van der Waals surface area contributed by atoms with Crippen molar-refractivity contribution in [3.63, 3.8) is 0 Å². The molecule has 1 aromatic carbocycles. The second kappa shape index (κ2) is 4.88. The molecule has 122 valence electrons. The highest BCUT2D eigenvalue weighted by molar-refractivity contribution is 6.03. The first-order valence-corrected chi connectivity index (χ1v) is 7.40. The summed E-state index contributed by atoms with van der Waals surface area (Å²) in [6.45, 7) is 0.430. The molecule has 1 amide bonds. The summed E-state index contributed by atoms with van der Waals surface area (Å²) >= 11 is 0. The van der Waals surface area contributed by atoms with Gasteiger partial charge in [-0.25, -0.2) is 9.78 Å². The van der Waals surface area contributed by atoms with Crippen LogP contribution in [0.25, 0.3) is 5.69 Å². The highest BCUT2D eigenvalue weighted by Crippen LogP contribution is 2.41. The maximum absolute atomic E-state index is 12.9. The number of aromatic nitrogens is 2. The van der Waals surface area contributed by atoms with Gasteiger partial charge in [-0.2, -0.15) is 0 Å². The van der Waals surface area contributed by atoms with E-state index in [9.17, 15) is 24.8 Å². The summed E-state index contributed by atoms with van der Waals surface area (Å²) in [5.74, 6) is -1.63. The molecule has 1 N–H and O–H groups in total. The lowest BCUT2D eigenvalue weighted by Crippen LogP contribution is -2.30. The van der Waals surface area contributed by atoms with Crippen molar-refractivity contribution in [2.75, 3.05) is 6.54 Å². The van der Waals surface area contributed by atoms with Crippen LogP contribution in [-0.2, 0) is 0 Å². The van der Waals surface area contributed by atoms with Crippen LogP contribution in [0.15, 0.2) is 24.5 Å². The molecule has 9 nitrogen and oxygen atoms in total. The van der Waals surface area contributed by atoms with E-state index >= 15 is 0 Å². The topological polar surface area (TPSA) is 119 Å². The number of carbonyl (C=O) groups is 2. The molecule has 9 heteroatoms. The number of hydrogen-bond donors (Lipinski definition) is 1. The van der Waals surface area contributed by atoms with Crippen LogP contribution >= 0.6 is 0 Å². The molecule has 1 fully saturated rings. The van der Waals surface area contributed by atoms with Crippen molar-refractivity contribution in [2.24, 2.45) is 0 Å². The monoisotopic (exact) mass is 328 g/mol. The molecule has 2 aliphatic rings. The summed E-state index contributed by atoms with van der Waals surface area (Å²) in [6, 6.07) is 3.88. The van der Waals surface area contributed by atoms with Crippen molar-refractivity contribution in [3.8, 4) is 5.69 Å². The van der Waals surface area contributed by atoms with Crippen molar-refractivity contribution in [3.05, 3.63) is 51.6 Å². The van der Waals surface area contributed by atoms with E-state index in [0.29, 0.717) is 30.8 Å². The van der Waals surface area contributed by atoms with Gasteiger partial charge in [-0.15, -0.1) is 0 Å². The van der Waals surface area contributed by atoms with Crippen LogP contribution in [0.5, 0.6) is 0 Å². The number of aromatic carboxylic acids is 1. The van der Waals surface area contributed by atoms with Crippen molar-refractivity contribution in [2.45, 2.75) is 18.9 Å². The van der Waals surface area contributed by atoms with Gasteiger partial charge in [-0.1, -0.05) is 6.07 Å². The molecule has 3 heterocycles. The molecule has 1 atom stereocenters. The van der Waals surface area contributed by atoms with E-state index in [1.54, 1.807) is 6.07 Å². The van der Waals surface area contributed by atoms with Gasteiger partial charge in [0.1, 0.15) is 11.9 Å². The van der Waals surface area contributed by atoms with Crippen LogP contribution in [0.3, 0.4) is 0 Å². The van der Waals surface area contributed by atoms with Gasteiger partial charge in [-0.05, 0) is 18.9 Å². The van der Waals surface area contributed by atoms with Crippen molar-refractivity contribution in [1.29, 1.82) is 0 Å². The predicted octanol–water partition coefficient (Wildman–Crippen LogP) is 1.77. The molecule has 0 radical (unpaired) electrons. The molecule has 0 spiro atoms. The van der Waals surface area contributed by atoms with Crippen molar-refractivity contribution >= 4 is 17.6 Å². The average molecular weight is 328 g/mol. The molecule has 0 unspecified atom stereocenters. The minimum atomic E-state index is -1.18. The number of rotatable bonds is 2. The number of amides is 1. The molecule has 0 saturated carbocycles. The Hall–Kier alpha value is -3.23. The number of imidazole rings is 1. The average Bonchev–Trinajstić information content (AvgIpc) is 3.17. The zero-order chi connectivity index (χ0) is 17.0. The molecule has 2 aliphatic heterocycles. The van der Waals surface area contributed by atoms with Gasteiger partial charge < -0.3 is 10.0 Å². The summed E-state index contributed by atoms with van der Waals surface area (Å²) in [6.07, 6.45) is 2.62. The first-order chi connectivity index (χ1) is 11.5. The Morgan fingerprint density at radius 1 is 1.42 bits per heavy atom. The normalized spacial score (nSPS) is 18.6. The first kappa shape index (κ1) is 14.4. The van der Waals surface area contributed by atoms with E-state index in [2.05, 4.69) is 4.98 Å². The molecule has 24 heavy (non-hydrogen) atoms. The van der Waals surface area contributed by atoms with Gasteiger partial charge in [0.25, 0.3) is 11.6 Å². The maximum Gasteiger partial charge on any atom is 0.356 e. The number of hydrogen-bond acceptors (Lipinski definition) is 5. The fourth-order valence-electron chi connectivity index (χ4n) is 3.57. The van der Waals surface area contributed by atoms with Gasteiger partial charge in [0.2, 0.25) is 0 Å². The van der Waals surface area contributed by atoms with Gasteiger partial charge in [0.15, 0.2) is 5.69 Å². The predicted molar refractivity (Wildman–Crippen MR) is 80.2 cm³/mol. The van der Waals surface area contributed by atoms with E-state index in [4.69, 9.17) is 0 Å².